The van der Waals surface area contributed by atoms with Gasteiger partial charge in [0.05, 0.1) is 5.02 Å². The van der Waals surface area contributed by atoms with E-state index in [9.17, 15) is 13.2 Å². The Kier molecular flexibility index (Phi) is 6.33. The number of aromatic nitrogens is 5. The van der Waals surface area contributed by atoms with E-state index in [0.29, 0.717) is 30.0 Å². The van der Waals surface area contributed by atoms with Crippen molar-refractivity contribution in [3.63, 3.8) is 0 Å². The van der Waals surface area contributed by atoms with Crippen LogP contribution in [-0.4, -0.2) is 44.2 Å². The fraction of sp³-hybridized carbons (Fsp3) is 0.478. The van der Waals surface area contributed by atoms with Crippen molar-refractivity contribution in [2.45, 2.75) is 39.2 Å². The lowest BCUT2D eigenvalue weighted by Gasteiger charge is -2.38. The van der Waals surface area contributed by atoms with E-state index in [1.54, 1.807) is 6.33 Å². The molecule has 7 nitrogen and oxygen atoms in total. The van der Waals surface area contributed by atoms with Crippen molar-refractivity contribution in [3.8, 4) is 11.8 Å². The topological polar surface area (TPSA) is 69.0 Å². The number of rotatable bonds is 7. The molecule has 1 aliphatic heterocycles. The summed E-state index contributed by atoms with van der Waals surface area (Å²) in [6.07, 6.45) is 1.66. The molecule has 1 saturated carbocycles. The molecule has 2 unspecified atom stereocenters. The standard InChI is InChI=1S/C23H24ClF3N6O/c1-13-7-21(29-12-28-13)32-9-14-5-6-15(10-32)16(14)8-20-30-23(33(31-20)11-19(25)26)34-18-4-2-3-17(24)22(18)27/h2-4,7,12,14-16,19H,5-6,8-11H2,1H3. The van der Waals surface area contributed by atoms with Crippen LogP contribution in [0.4, 0.5) is 19.0 Å². The molecule has 1 aliphatic carbocycles. The number of piperidine rings is 1. The number of nitrogens with zero attached hydrogens (tertiary/aromatic N) is 6. The van der Waals surface area contributed by atoms with E-state index in [1.165, 1.54) is 18.2 Å². The first-order valence-electron chi connectivity index (χ1n) is 11.2. The van der Waals surface area contributed by atoms with E-state index >= 15 is 0 Å². The van der Waals surface area contributed by atoms with Crippen LogP contribution in [0.2, 0.25) is 5.02 Å². The van der Waals surface area contributed by atoms with Crippen LogP contribution in [0, 0.1) is 30.5 Å². The predicted octanol–water partition coefficient (Wildman–Crippen LogP) is 4.93. The van der Waals surface area contributed by atoms with Crippen LogP contribution in [0.1, 0.15) is 24.4 Å². The molecule has 2 atom stereocenters. The SMILES string of the molecule is Cc1cc(N2CC3CCC(C2)C3Cc2nc(Oc3cccc(Cl)c3F)n(CC(F)F)n2)ncn1. The largest absolute Gasteiger partial charge is 0.421 e. The van der Waals surface area contributed by atoms with E-state index in [0.717, 1.165) is 42.1 Å². The molecule has 34 heavy (non-hydrogen) atoms. The van der Waals surface area contributed by atoms with Gasteiger partial charge in [0.2, 0.25) is 0 Å². The summed E-state index contributed by atoms with van der Waals surface area (Å²) in [6.45, 7) is 2.99. The molecular weight excluding hydrogens is 469 g/mol. The second-order valence-corrected chi connectivity index (χ2v) is 9.33. The molecule has 0 N–H and O–H groups in total. The summed E-state index contributed by atoms with van der Waals surface area (Å²) >= 11 is 5.81. The van der Waals surface area contributed by atoms with Crippen LogP contribution >= 0.6 is 11.6 Å². The summed E-state index contributed by atoms with van der Waals surface area (Å²) in [6, 6.07) is 6.08. The molecule has 2 bridgehead atoms. The number of hydrogen-bond acceptors (Lipinski definition) is 6. The number of ether oxygens (including phenoxy) is 1. The van der Waals surface area contributed by atoms with Crippen LogP contribution in [0.5, 0.6) is 11.8 Å². The highest BCUT2D eigenvalue weighted by Crippen LogP contribution is 2.44. The highest BCUT2D eigenvalue weighted by molar-refractivity contribution is 6.30. The molecule has 2 fully saturated rings. The van der Waals surface area contributed by atoms with Gasteiger partial charge in [0.15, 0.2) is 17.4 Å². The molecule has 3 heterocycles. The molecule has 1 aromatic carbocycles. The number of hydrogen-bond donors (Lipinski definition) is 0. The van der Waals surface area contributed by atoms with E-state index in [2.05, 4.69) is 25.0 Å². The molecule has 2 aliphatic rings. The van der Waals surface area contributed by atoms with Crippen LogP contribution < -0.4 is 9.64 Å². The average Bonchev–Trinajstić information content (AvgIpc) is 3.25. The van der Waals surface area contributed by atoms with Gasteiger partial charge in [0.1, 0.15) is 18.7 Å². The maximum absolute atomic E-state index is 14.3. The summed E-state index contributed by atoms with van der Waals surface area (Å²) in [7, 11) is 0. The van der Waals surface area contributed by atoms with Crippen LogP contribution in [0.3, 0.4) is 0 Å². The Labute approximate surface area is 199 Å². The third kappa shape index (κ3) is 4.68. The average molecular weight is 493 g/mol. The summed E-state index contributed by atoms with van der Waals surface area (Å²) < 4.78 is 47.1. The van der Waals surface area contributed by atoms with Gasteiger partial charge < -0.3 is 9.64 Å². The van der Waals surface area contributed by atoms with E-state index < -0.39 is 18.8 Å². The molecule has 0 radical (unpaired) electrons. The number of fused-ring (bicyclic) bond motifs is 2. The lowest BCUT2D eigenvalue weighted by atomic mass is 9.82. The van der Waals surface area contributed by atoms with Crippen LogP contribution in [0.15, 0.2) is 30.6 Å². The zero-order chi connectivity index (χ0) is 23.8. The van der Waals surface area contributed by atoms with Gasteiger partial charge in [-0.1, -0.05) is 17.7 Å². The normalized spacial score (nSPS) is 21.9. The molecule has 0 amide bonds. The van der Waals surface area contributed by atoms with E-state index in [4.69, 9.17) is 16.3 Å². The van der Waals surface area contributed by atoms with Crippen molar-refractivity contribution in [1.82, 2.24) is 24.7 Å². The Hall–Kier alpha value is -2.88. The van der Waals surface area contributed by atoms with Crippen LogP contribution in [0.25, 0.3) is 0 Å². The second kappa shape index (κ2) is 9.40. The minimum atomic E-state index is -2.66. The van der Waals surface area contributed by atoms with Crippen molar-refractivity contribution in [2.24, 2.45) is 17.8 Å². The van der Waals surface area contributed by atoms with Gasteiger partial charge in [-0.2, -0.15) is 10.1 Å². The van der Waals surface area contributed by atoms with Gasteiger partial charge in [0, 0.05) is 31.3 Å². The van der Waals surface area contributed by atoms with Crippen molar-refractivity contribution in [1.29, 1.82) is 0 Å². The fourth-order valence-electron chi connectivity index (χ4n) is 5.13. The highest BCUT2D eigenvalue weighted by atomic mass is 35.5. The number of anilines is 1. The smallest absolute Gasteiger partial charge is 0.320 e. The van der Waals surface area contributed by atoms with E-state index in [1.807, 2.05) is 13.0 Å². The third-order valence-electron chi connectivity index (χ3n) is 6.67. The number of benzene rings is 1. The Bertz CT molecular complexity index is 1160. The monoisotopic (exact) mass is 492 g/mol. The number of alkyl halides is 2. The first-order chi connectivity index (χ1) is 16.4. The van der Waals surface area contributed by atoms with Crippen molar-refractivity contribution in [2.75, 3.05) is 18.0 Å². The van der Waals surface area contributed by atoms with Crippen molar-refractivity contribution < 1.29 is 17.9 Å². The molecule has 3 aromatic rings. The number of aryl methyl sites for hydroxylation is 1. The molecule has 11 heteroatoms. The van der Waals surface area contributed by atoms with Crippen molar-refractivity contribution in [3.05, 3.63) is 53.0 Å². The fourth-order valence-corrected chi connectivity index (χ4v) is 5.29. The maximum Gasteiger partial charge on any atom is 0.320 e. The Morgan fingerprint density at radius 3 is 2.65 bits per heavy atom. The quantitative estimate of drug-likeness (QED) is 0.466. The predicted molar refractivity (Wildman–Crippen MR) is 120 cm³/mol. The van der Waals surface area contributed by atoms with Crippen LogP contribution in [-0.2, 0) is 13.0 Å². The lowest BCUT2D eigenvalue weighted by molar-refractivity contribution is 0.117. The molecule has 2 aromatic heterocycles. The molecule has 5 rings (SSSR count). The Balaban J connectivity index is 1.34. The maximum atomic E-state index is 14.3. The van der Waals surface area contributed by atoms with E-state index in [-0.39, 0.29) is 16.8 Å². The zero-order valence-electron chi connectivity index (χ0n) is 18.5. The van der Waals surface area contributed by atoms with Gasteiger partial charge in [-0.15, -0.1) is 0 Å². The summed E-state index contributed by atoms with van der Waals surface area (Å²) in [5, 5.41) is 4.16. The minimum absolute atomic E-state index is 0.125. The first kappa shape index (κ1) is 22.9. The molecule has 180 valence electrons. The lowest BCUT2D eigenvalue weighted by Crippen LogP contribution is -2.43. The summed E-state index contributed by atoms with van der Waals surface area (Å²) in [4.78, 5) is 15.3. The summed E-state index contributed by atoms with van der Waals surface area (Å²) in [5.41, 5.74) is 0.928. The molecular formula is C23H24ClF3N6O. The second-order valence-electron chi connectivity index (χ2n) is 8.93. The zero-order valence-corrected chi connectivity index (χ0v) is 19.3. The highest BCUT2D eigenvalue weighted by Gasteiger charge is 2.43. The minimum Gasteiger partial charge on any atom is -0.421 e. The van der Waals surface area contributed by atoms with Gasteiger partial charge in [-0.3, -0.25) is 0 Å². The third-order valence-corrected chi connectivity index (χ3v) is 6.96. The van der Waals surface area contributed by atoms with Gasteiger partial charge >= 0.3 is 6.01 Å². The van der Waals surface area contributed by atoms with Gasteiger partial charge in [-0.05, 0) is 49.7 Å². The Morgan fingerprint density at radius 2 is 1.94 bits per heavy atom. The number of halogens is 4. The van der Waals surface area contributed by atoms with Gasteiger partial charge in [0.25, 0.3) is 6.43 Å². The first-order valence-corrected chi connectivity index (χ1v) is 11.6. The molecule has 1 saturated heterocycles. The summed E-state index contributed by atoms with van der Waals surface area (Å²) in [5.74, 6) is 1.57. The Morgan fingerprint density at radius 1 is 1.18 bits per heavy atom. The molecule has 0 spiro atoms. The van der Waals surface area contributed by atoms with Crippen molar-refractivity contribution >= 4 is 17.4 Å². The van der Waals surface area contributed by atoms with Gasteiger partial charge in [-0.25, -0.2) is 27.8 Å².